The van der Waals surface area contributed by atoms with Gasteiger partial charge in [0, 0.05) is 18.3 Å². The molecule has 2 unspecified atom stereocenters. The van der Waals surface area contributed by atoms with E-state index in [1.54, 1.807) is 4.90 Å². The zero-order valence-electron chi connectivity index (χ0n) is 13.0. The van der Waals surface area contributed by atoms with E-state index in [0.29, 0.717) is 5.75 Å². The maximum absolute atomic E-state index is 12.8. The lowest BCUT2D eigenvalue weighted by Gasteiger charge is -2.37. The molecule has 0 aromatic carbocycles. The van der Waals surface area contributed by atoms with E-state index in [1.165, 1.54) is 16.7 Å². The molecular formula is C14H26N2O4S. The van der Waals surface area contributed by atoms with Crippen LogP contribution >= 0.6 is 11.8 Å². The van der Waals surface area contributed by atoms with E-state index in [2.05, 4.69) is 0 Å². The highest BCUT2D eigenvalue weighted by Crippen LogP contribution is 2.32. The molecule has 2 N–H and O–H groups in total. The lowest BCUT2D eigenvalue weighted by molar-refractivity contribution is -0.141. The van der Waals surface area contributed by atoms with Crippen LogP contribution in [0.15, 0.2) is 0 Å². The molecule has 0 spiro atoms. The van der Waals surface area contributed by atoms with Crippen molar-refractivity contribution in [1.82, 2.24) is 9.80 Å². The maximum Gasteiger partial charge on any atom is 0.327 e. The Bertz CT molecular complexity index is 363. The molecule has 0 aliphatic carbocycles. The summed E-state index contributed by atoms with van der Waals surface area (Å²) < 4.78 is 0. The molecule has 1 heterocycles. The van der Waals surface area contributed by atoms with Gasteiger partial charge in [-0.15, -0.1) is 11.8 Å². The highest BCUT2D eigenvalue weighted by molar-refractivity contribution is 8.00. The Hall–Kier alpha value is -0.950. The molecule has 7 heteroatoms. The molecule has 21 heavy (non-hydrogen) atoms. The van der Waals surface area contributed by atoms with E-state index in [9.17, 15) is 19.8 Å². The molecule has 0 bridgehead atoms. The van der Waals surface area contributed by atoms with E-state index in [0.717, 1.165) is 19.3 Å². The van der Waals surface area contributed by atoms with Gasteiger partial charge in [0.25, 0.3) is 0 Å². The van der Waals surface area contributed by atoms with Crippen LogP contribution in [0, 0.1) is 0 Å². The number of carboxylic acid groups (broad SMARTS) is 1. The number of thioether (sulfide) groups is 1. The zero-order chi connectivity index (χ0) is 16.0. The summed E-state index contributed by atoms with van der Waals surface area (Å²) >= 11 is 1.51. The van der Waals surface area contributed by atoms with Crippen LogP contribution in [0.3, 0.4) is 0 Å². The third-order valence-corrected chi connectivity index (χ3v) is 5.37. The summed E-state index contributed by atoms with van der Waals surface area (Å²) in [5.74, 6) is -0.532. The van der Waals surface area contributed by atoms with E-state index in [-0.39, 0.29) is 30.6 Å². The average Bonchev–Trinajstić information content (AvgIpc) is 2.90. The number of aliphatic hydroxyl groups excluding tert-OH is 1. The molecule has 0 aromatic rings. The predicted molar refractivity (Wildman–Crippen MR) is 83.4 cm³/mol. The molecule has 0 saturated carbocycles. The Morgan fingerprint density at radius 1 is 1.33 bits per heavy atom. The summed E-state index contributed by atoms with van der Waals surface area (Å²) in [5.41, 5.74) is 0. The second kappa shape index (κ2) is 8.48. The summed E-state index contributed by atoms with van der Waals surface area (Å²) in [7, 11) is 0. The molecule has 0 radical (unpaired) electrons. The van der Waals surface area contributed by atoms with Gasteiger partial charge in [0.1, 0.15) is 6.04 Å². The monoisotopic (exact) mass is 318 g/mol. The fourth-order valence-corrected chi connectivity index (χ4v) is 4.09. The van der Waals surface area contributed by atoms with Crippen molar-refractivity contribution in [2.24, 2.45) is 0 Å². The summed E-state index contributed by atoms with van der Waals surface area (Å²) in [6.45, 7) is 6.08. The summed E-state index contributed by atoms with van der Waals surface area (Å²) in [4.78, 5) is 27.4. The fourth-order valence-electron chi connectivity index (χ4n) is 2.74. The summed E-state index contributed by atoms with van der Waals surface area (Å²) in [6.07, 6.45) is 2.30. The topological polar surface area (TPSA) is 81.1 Å². The van der Waals surface area contributed by atoms with E-state index in [4.69, 9.17) is 0 Å². The Balaban J connectivity index is 3.00. The summed E-state index contributed by atoms with van der Waals surface area (Å²) in [5, 5.41) is 18.5. The number of hydrogen-bond donors (Lipinski definition) is 2. The lowest BCUT2D eigenvalue weighted by Crippen LogP contribution is -2.54. The molecule has 0 aromatic heterocycles. The highest BCUT2D eigenvalue weighted by Gasteiger charge is 2.43. The number of urea groups is 1. The van der Waals surface area contributed by atoms with Crippen LogP contribution in [0.25, 0.3) is 0 Å². The smallest absolute Gasteiger partial charge is 0.327 e. The van der Waals surface area contributed by atoms with Crippen molar-refractivity contribution in [2.75, 3.05) is 18.9 Å². The molecule has 6 nitrogen and oxygen atoms in total. The van der Waals surface area contributed by atoms with Crippen molar-refractivity contribution in [3.8, 4) is 0 Å². The van der Waals surface area contributed by atoms with Gasteiger partial charge in [0.05, 0.1) is 12.0 Å². The third kappa shape index (κ3) is 4.03. The van der Waals surface area contributed by atoms with Crippen LogP contribution < -0.4 is 0 Å². The number of carbonyl (C=O) groups excluding carboxylic acids is 1. The van der Waals surface area contributed by atoms with Crippen LogP contribution in [-0.4, -0.2) is 68.4 Å². The molecule has 1 saturated heterocycles. The number of rotatable bonds is 7. The van der Waals surface area contributed by atoms with Gasteiger partial charge in [0.15, 0.2) is 0 Å². The van der Waals surface area contributed by atoms with Crippen molar-refractivity contribution >= 4 is 23.8 Å². The van der Waals surface area contributed by atoms with Gasteiger partial charge in [-0.3, -0.25) is 4.90 Å². The summed E-state index contributed by atoms with van der Waals surface area (Å²) in [6, 6.07) is -1.01. The van der Waals surface area contributed by atoms with Crippen LogP contribution in [0.4, 0.5) is 4.79 Å². The fraction of sp³-hybridized carbons (Fsp3) is 0.857. The van der Waals surface area contributed by atoms with Gasteiger partial charge >= 0.3 is 12.0 Å². The normalized spacial score (nSPS) is 21.9. The first-order valence-electron chi connectivity index (χ1n) is 7.55. The molecule has 1 aliphatic heterocycles. The predicted octanol–water partition coefficient (Wildman–Crippen LogP) is 1.83. The number of aliphatic hydroxyl groups is 1. The van der Waals surface area contributed by atoms with Crippen molar-refractivity contribution in [1.29, 1.82) is 0 Å². The molecule has 122 valence electrons. The number of carbonyl (C=O) groups is 2. The minimum absolute atomic E-state index is 0.0298. The average molecular weight is 318 g/mol. The van der Waals surface area contributed by atoms with Gasteiger partial charge < -0.3 is 15.1 Å². The molecule has 1 rings (SSSR count). The van der Waals surface area contributed by atoms with Gasteiger partial charge in [-0.25, -0.2) is 9.59 Å². The van der Waals surface area contributed by atoms with Gasteiger partial charge in [-0.05, 0) is 19.3 Å². The quantitative estimate of drug-likeness (QED) is 0.748. The zero-order valence-corrected chi connectivity index (χ0v) is 13.8. The van der Waals surface area contributed by atoms with E-state index in [1.807, 2.05) is 20.8 Å². The van der Waals surface area contributed by atoms with Crippen LogP contribution in [-0.2, 0) is 4.79 Å². The SMILES string of the molecule is CCC(CC)N(CCO)C(=O)N1C(CC)SCC1C(=O)O. The van der Waals surface area contributed by atoms with E-state index >= 15 is 0 Å². The van der Waals surface area contributed by atoms with Gasteiger partial charge in [-0.2, -0.15) is 0 Å². The first-order chi connectivity index (χ1) is 10.0. The number of amides is 2. The third-order valence-electron chi connectivity index (χ3n) is 3.92. The Labute approximate surface area is 130 Å². The van der Waals surface area contributed by atoms with Crippen molar-refractivity contribution < 1.29 is 19.8 Å². The van der Waals surface area contributed by atoms with Crippen LogP contribution in [0.1, 0.15) is 40.0 Å². The Kier molecular flexibility index (Phi) is 7.31. The van der Waals surface area contributed by atoms with Crippen molar-refractivity contribution in [3.05, 3.63) is 0 Å². The molecule has 2 atom stereocenters. The Morgan fingerprint density at radius 2 is 1.95 bits per heavy atom. The largest absolute Gasteiger partial charge is 0.480 e. The minimum atomic E-state index is -0.958. The highest BCUT2D eigenvalue weighted by atomic mass is 32.2. The van der Waals surface area contributed by atoms with Crippen LogP contribution in [0.5, 0.6) is 0 Å². The number of hydrogen-bond acceptors (Lipinski definition) is 4. The lowest BCUT2D eigenvalue weighted by atomic mass is 10.1. The number of aliphatic carboxylic acids is 1. The van der Waals surface area contributed by atoms with Gasteiger partial charge in [0.2, 0.25) is 0 Å². The van der Waals surface area contributed by atoms with Crippen LogP contribution in [0.2, 0.25) is 0 Å². The first kappa shape index (κ1) is 18.1. The van der Waals surface area contributed by atoms with Gasteiger partial charge in [-0.1, -0.05) is 20.8 Å². The minimum Gasteiger partial charge on any atom is -0.480 e. The second-order valence-electron chi connectivity index (χ2n) is 5.13. The number of nitrogens with zero attached hydrogens (tertiary/aromatic N) is 2. The van der Waals surface area contributed by atoms with Crippen molar-refractivity contribution in [3.63, 3.8) is 0 Å². The molecule has 1 fully saturated rings. The Morgan fingerprint density at radius 3 is 2.38 bits per heavy atom. The molecule has 2 amide bonds. The molecule has 1 aliphatic rings. The maximum atomic E-state index is 12.8. The second-order valence-corrected chi connectivity index (χ2v) is 6.34. The first-order valence-corrected chi connectivity index (χ1v) is 8.60. The van der Waals surface area contributed by atoms with E-state index < -0.39 is 12.0 Å². The standard InChI is InChI=1S/C14H26N2O4S/c1-4-10(5-2)15(7-8-17)14(20)16-11(13(18)19)9-21-12(16)6-3/h10-12,17H,4-9H2,1-3H3,(H,18,19). The molecular weight excluding hydrogens is 292 g/mol. The number of carboxylic acids is 1. The van der Waals surface area contributed by atoms with Crippen molar-refractivity contribution in [2.45, 2.75) is 57.5 Å².